The molecule has 8 rings (SSSR count). The lowest BCUT2D eigenvalue weighted by Crippen LogP contribution is -2.00. The van der Waals surface area contributed by atoms with Crippen LogP contribution < -0.4 is 0 Å². The molecule has 150 valence electrons. The Morgan fingerprint density at radius 1 is 0.581 bits per heavy atom. The Morgan fingerprint density at radius 3 is 2.06 bits per heavy atom. The maximum Gasteiger partial charge on any atom is 0.0651 e. The number of rotatable bonds is 0. The molecule has 7 heteroatoms. The van der Waals surface area contributed by atoms with E-state index in [4.69, 9.17) is 0 Å². The van der Waals surface area contributed by atoms with Crippen molar-refractivity contribution in [3.63, 3.8) is 0 Å². The van der Waals surface area contributed by atoms with Gasteiger partial charge in [0, 0.05) is 23.9 Å². The molecule has 5 heterocycles. The van der Waals surface area contributed by atoms with Crippen molar-refractivity contribution in [3.8, 4) is 10.4 Å². The van der Waals surface area contributed by atoms with Gasteiger partial charge in [-0.25, -0.2) is 0 Å². The first-order chi connectivity index (χ1) is 15.2. The Morgan fingerprint density at radius 2 is 1.23 bits per heavy atom. The Hall–Kier alpha value is -0.800. The summed E-state index contributed by atoms with van der Waals surface area (Å²) in [6.45, 7) is 0. The molecule has 0 saturated carbocycles. The SMILES string of the molecule is Brc1ccc2c(c1)CCc1c-2sc2c1sc1c2sc2c3sc4cc(Br)ccc4c3sc12. The summed E-state index contributed by atoms with van der Waals surface area (Å²) in [5, 5.41) is 1.41. The van der Waals surface area contributed by atoms with E-state index in [2.05, 4.69) is 68.3 Å². The molecule has 0 atom stereocenters. The van der Waals surface area contributed by atoms with Crippen LogP contribution in [0.25, 0.3) is 58.1 Å². The maximum absolute atomic E-state index is 3.65. The van der Waals surface area contributed by atoms with E-state index >= 15 is 0 Å². The van der Waals surface area contributed by atoms with Crippen molar-refractivity contribution in [2.45, 2.75) is 12.8 Å². The molecule has 0 aliphatic heterocycles. The van der Waals surface area contributed by atoms with E-state index in [9.17, 15) is 0 Å². The molecule has 1 aliphatic rings. The normalized spacial score (nSPS) is 13.9. The quantitative estimate of drug-likeness (QED) is 0.159. The van der Waals surface area contributed by atoms with E-state index < -0.39 is 0 Å². The fraction of sp³-hybridized carbons (Fsp3) is 0.0833. The summed E-state index contributed by atoms with van der Waals surface area (Å²) in [4.78, 5) is 1.51. The number of hydrogen-bond acceptors (Lipinski definition) is 5. The highest BCUT2D eigenvalue weighted by atomic mass is 79.9. The van der Waals surface area contributed by atoms with Crippen molar-refractivity contribution >= 4 is 136 Å². The van der Waals surface area contributed by atoms with Gasteiger partial charge in [0.1, 0.15) is 0 Å². The average molecular weight is 618 g/mol. The van der Waals surface area contributed by atoms with Crippen LogP contribution in [0.4, 0.5) is 0 Å². The fourth-order valence-corrected chi connectivity index (χ4v) is 13.5. The van der Waals surface area contributed by atoms with Crippen molar-refractivity contribution in [2.75, 3.05) is 0 Å². The Bertz CT molecular complexity index is 1870. The molecular formula is C24H10Br2S5. The van der Waals surface area contributed by atoms with E-state index in [0.717, 1.165) is 17.3 Å². The van der Waals surface area contributed by atoms with E-state index in [1.54, 1.807) is 10.3 Å². The van der Waals surface area contributed by atoms with Crippen molar-refractivity contribution in [1.29, 1.82) is 0 Å². The second kappa shape index (κ2) is 6.41. The first kappa shape index (κ1) is 18.6. The summed E-state index contributed by atoms with van der Waals surface area (Å²) in [5.74, 6) is 0. The van der Waals surface area contributed by atoms with Gasteiger partial charge in [-0.1, -0.05) is 44.0 Å². The summed E-state index contributed by atoms with van der Waals surface area (Å²) in [5.41, 5.74) is 4.52. The van der Waals surface area contributed by atoms with Crippen LogP contribution in [-0.2, 0) is 12.8 Å². The summed E-state index contributed by atoms with van der Waals surface area (Å²) >= 11 is 17.3. The van der Waals surface area contributed by atoms with Crippen LogP contribution in [-0.4, -0.2) is 0 Å². The lowest BCUT2D eigenvalue weighted by Gasteiger charge is -2.16. The monoisotopic (exact) mass is 616 g/mol. The molecule has 0 N–H and O–H groups in total. The number of halogens is 2. The van der Waals surface area contributed by atoms with Crippen LogP contribution in [0.1, 0.15) is 11.1 Å². The molecular weight excluding hydrogens is 608 g/mol. The summed E-state index contributed by atoms with van der Waals surface area (Å²) in [6, 6.07) is 13.5. The number of benzene rings is 2. The lowest BCUT2D eigenvalue weighted by molar-refractivity contribution is 0.958. The van der Waals surface area contributed by atoms with Gasteiger partial charge in [-0.15, -0.1) is 56.7 Å². The molecule has 0 fully saturated rings. The van der Waals surface area contributed by atoms with Gasteiger partial charge in [-0.05, 0) is 53.8 Å². The summed E-state index contributed by atoms with van der Waals surface area (Å²) in [7, 11) is 0. The third-order valence-corrected chi connectivity index (χ3v) is 14.2. The van der Waals surface area contributed by atoms with Crippen molar-refractivity contribution in [3.05, 3.63) is 56.5 Å². The number of fused-ring (bicyclic) bond motifs is 13. The Labute approximate surface area is 214 Å². The van der Waals surface area contributed by atoms with Crippen LogP contribution in [0.15, 0.2) is 45.3 Å². The molecule has 0 saturated heterocycles. The molecule has 2 aromatic carbocycles. The lowest BCUT2D eigenvalue weighted by atomic mass is 9.91. The van der Waals surface area contributed by atoms with Crippen LogP contribution >= 0.6 is 88.5 Å². The molecule has 0 spiro atoms. The number of hydrogen-bond donors (Lipinski definition) is 0. The Kier molecular flexibility index (Phi) is 3.85. The predicted octanol–water partition coefficient (Wildman–Crippen LogP) is 11.1. The first-order valence-electron chi connectivity index (χ1n) is 9.85. The highest BCUT2D eigenvalue weighted by Gasteiger charge is 2.26. The number of thiophene rings is 5. The first-order valence-corrected chi connectivity index (χ1v) is 15.5. The van der Waals surface area contributed by atoms with Gasteiger partial charge in [-0.2, -0.15) is 0 Å². The zero-order valence-corrected chi connectivity index (χ0v) is 22.9. The van der Waals surface area contributed by atoms with E-state index in [1.807, 2.05) is 56.7 Å². The number of aryl methyl sites for hydroxylation is 2. The largest absolute Gasteiger partial charge is 0.133 e. The van der Waals surface area contributed by atoms with Crippen molar-refractivity contribution < 1.29 is 0 Å². The summed E-state index contributed by atoms with van der Waals surface area (Å²) < 4.78 is 15.8. The zero-order valence-electron chi connectivity index (χ0n) is 15.7. The second-order valence-corrected chi connectivity index (χ2v) is 14.9. The highest BCUT2D eigenvalue weighted by Crippen LogP contribution is 2.57. The average Bonchev–Trinajstić information content (AvgIpc) is 3.50. The van der Waals surface area contributed by atoms with Crippen LogP contribution in [0.3, 0.4) is 0 Å². The minimum Gasteiger partial charge on any atom is -0.133 e. The third-order valence-electron chi connectivity index (χ3n) is 6.16. The van der Waals surface area contributed by atoms with Gasteiger partial charge in [0.15, 0.2) is 0 Å². The fourth-order valence-electron chi connectivity index (χ4n) is 4.79. The molecule has 0 bridgehead atoms. The molecule has 0 radical (unpaired) electrons. The summed E-state index contributed by atoms with van der Waals surface area (Å²) in [6.07, 6.45) is 2.31. The topological polar surface area (TPSA) is 0 Å². The minimum atomic E-state index is 1.14. The van der Waals surface area contributed by atoms with Gasteiger partial charge in [0.2, 0.25) is 0 Å². The van der Waals surface area contributed by atoms with Crippen LogP contribution in [0, 0.1) is 0 Å². The maximum atomic E-state index is 3.65. The molecule has 7 aromatic rings. The smallest absolute Gasteiger partial charge is 0.0651 e. The van der Waals surface area contributed by atoms with Gasteiger partial charge in [-0.3, -0.25) is 0 Å². The van der Waals surface area contributed by atoms with Gasteiger partial charge in [0.05, 0.1) is 37.6 Å². The zero-order chi connectivity index (χ0) is 20.4. The molecule has 5 aromatic heterocycles. The van der Waals surface area contributed by atoms with Crippen LogP contribution in [0.2, 0.25) is 0 Å². The van der Waals surface area contributed by atoms with Gasteiger partial charge >= 0.3 is 0 Å². The minimum absolute atomic E-state index is 1.14. The Balaban J connectivity index is 1.43. The molecule has 1 aliphatic carbocycles. The third kappa shape index (κ3) is 2.43. The van der Waals surface area contributed by atoms with Crippen LogP contribution in [0.5, 0.6) is 0 Å². The van der Waals surface area contributed by atoms with Crippen molar-refractivity contribution in [2.24, 2.45) is 0 Å². The second-order valence-electron chi connectivity index (χ2n) is 7.89. The van der Waals surface area contributed by atoms with Gasteiger partial charge < -0.3 is 0 Å². The van der Waals surface area contributed by atoms with E-state index in [-0.39, 0.29) is 0 Å². The molecule has 0 unspecified atom stereocenters. The predicted molar refractivity (Wildman–Crippen MR) is 152 cm³/mol. The van der Waals surface area contributed by atoms with E-state index in [1.165, 1.54) is 63.5 Å². The molecule has 0 amide bonds. The standard InChI is InChI=1S/C24H10Br2S5/c25-10-2-5-12-9(7-10)1-4-14-16(12)28-20-18(14)30-24-22(20)31-21-19-17(29-23(21)24)13-6-3-11(26)8-15(13)27-19/h2-3,5-8H,1,4H2. The molecule has 0 nitrogen and oxygen atoms in total. The van der Waals surface area contributed by atoms with Crippen molar-refractivity contribution in [1.82, 2.24) is 0 Å². The van der Waals surface area contributed by atoms with Gasteiger partial charge in [0.25, 0.3) is 0 Å². The molecule has 31 heavy (non-hydrogen) atoms. The highest BCUT2D eigenvalue weighted by molar-refractivity contribution is 9.10. The van der Waals surface area contributed by atoms with E-state index in [0.29, 0.717) is 0 Å².